The molecule has 1 saturated heterocycles. The first-order valence-electron chi connectivity index (χ1n) is 5.35. The average molecular weight is 229 g/mol. The molecule has 1 aromatic rings. The second-order valence-electron chi connectivity index (χ2n) is 4.19. The van der Waals surface area contributed by atoms with Gasteiger partial charge in [-0.15, -0.1) is 0 Å². The number of aromatic nitrogens is 2. The molecule has 0 saturated carbocycles. The van der Waals surface area contributed by atoms with E-state index >= 15 is 0 Å². The van der Waals surface area contributed by atoms with Crippen LogP contribution in [0.1, 0.15) is 19.3 Å². The fraction of sp³-hybridized carbons (Fsp3) is 0.700. The number of hydrogen-bond acceptors (Lipinski definition) is 3. The lowest BCUT2D eigenvalue weighted by Gasteiger charge is -2.18. The standard InChI is InChI=1S/C10H17ClN4/c1-14-5-2-3-8(14)4-6-15-7-9(11)10(12)13-15/h7-8H,2-6H2,1H3,(H2,12,13). The molecule has 15 heavy (non-hydrogen) atoms. The van der Waals surface area contributed by atoms with E-state index in [0.717, 1.165) is 13.0 Å². The SMILES string of the molecule is CN1CCCC1CCn1cc(Cl)c(N)n1. The second kappa shape index (κ2) is 4.41. The van der Waals surface area contributed by atoms with E-state index < -0.39 is 0 Å². The maximum atomic E-state index is 5.83. The van der Waals surface area contributed by atoms with Crippen LogP contribution in [0.4, 0.5) is 5.82 Å². The van der Waals surface area contributed by atoms with E-state index in [1.165, 1.54) is 19.4 Å². The molecular formula is C10H17ClN4. The molecule has 1 fully saturated rings. The maximum absolute atomic E-state index is 5.83. The summed E-state index contributed by atoms with van der Waals surface area (Å²) in [5, 5.41) is 4.69. The van der Waals surface area contributed by atoms with Crippen LogP contribution in [0.5, 0.6) is 0 Å². The minimum absolute atomic E-state index is 0.427. The number of anilines is 1. The number of nitrogen functional groups attached to an aromatic ring is 1. The van der Waals surface area contributed by atoms with Gasteiger partial charge in [0.25, 0.3) is 0 Å². The lowest BCUT2D eigenvalue weighted by atomic mass is 10.1. The Morgan fingerprint density at radius 1 is 1.67 bits per heavy atom. The molecule has 0 aromatic carbocycles. The van der Waals surface area contributed by atoms with Gasteiger partial charge in [0.05, 0.1) is 0 Å². The minimum Gasteiger partial charge on any atom is -0.381 e. The van der Waals surface area contributed by atoms with Gasteiger partial charge in [0, 0.05) is 18.8 Å². The Balaban J connectivity index is 1.87. The Morgan fingerprint density at radius 2 is 2.47 bits per heavy atom. The van der Waals surface area contributed by atoms with Crippen molar-refractivity contribution >= 4 is 17.4 Å². The zero-order valence-electron chi connectivity index (χ0n) is 8.99. The van der Waals surface area contributed by atoms with Gasteiger partial charge in [0.1, 0.15) is 5.02 Å². The number of nitrogens with zero attached hydrogens (tertiary/aromatic N) is 3. The highest BCUT2D eigenvalue weighted by molar-refractivity contribution is 6.32. The first-order chi connectivity index (χ1) is 7.16. The fourth-order valence-electron chi connectivity index (χ4n) is 2.15. The summed E-state index contributed by atoms with van der Waals surface area (Å²) in [5.74, 6) is 0.427. The highest BCUT2D eigenvalue weighted by Gasteiger charge is 2.20. The molecule has 84 valence electrons. The summed E-state index contributed by atoms with van der Waals surface area (Å²) in [6, 6.07) is 0.689. The third-order valence-electron chi connectivity index (χ3n) is 3.11. The van der Waals surface area contributed by atoms with Crippen molar-refractivity contribution < 1.29 is 0 Å². The van der Waals surface area contributed by atoms with Crippen LogP contribution in [0.2, 0.25) is 5.02 Å². The van der Waals surface area contributed by atoms with E-state index in [-0.39, 0.29) is 0 Å². The monoisotopic (exact) mass is 228 g/mol. The van der Waals surface area contributed by atoms with Crippen molar-refractivity contribution in [3.05, 3.63) is 11.2 Å². The van der Waals surface area contributed by atoms with Crippen molar-refractivity contribution in [1.82, 2.24) is 14.7 Å². The maximum Gasteiger partial charge on any atom is 0.164 e. The largest absolute Gasteiger partial charge is 0.381 e. The van der Waals surface area contributed by atoms with Gasteiger partial charge in [-0.25, -0.2) is 0 Å². The summed E-state index contributed by atoms with van der Waals surface area (Å²) in [4.78, 5) is 2.41. The van der Waals surface area contributed by atoms with E-state index in [0.29, 0.717) is 16.9 Å². The van der Waals surface area contributed by atoms with Gasteiger partial charge >= 0.3 is 0 Å². The molecule has 1 aliphatic heterocycles. The third kappa shape index (κ3) is 2.44. The molecule has 0 amide bonds. The Bertz CT molecular complexity index is 317. The lowest BCUT2D eigenvalue weighted by Crippen LogP contribution is -2.26. The smallest absolute Gasteiger partial charge is 0.164 e. The van der Waals surface area contributed by atoms with Crippen molar-refractivity contribution in [3.63, 3.8) is 0 Å². The van der Waals surface area contributed by atoms with Gasteiger partial charge in [-0.3, -0.25) is 4.68 Å². The third-order valence-corrected chi connectivity index (χ3v) is 3.40. The van der Waals surface area contributed by atoms with Gasteiger partial charge < -0.3 is 10.6 Å². The van der Waals surface area contributed by atoms with Crippen molar-refractivity contribution in [2.24, 2.45) is 0 Å². The molecule has 0 aliphatic carbocycles. The number of hydrogen-bond donors (Lipinski definition) is 1. The molecule has 1 atom stereocenters. The van der Waals surface area contributed by atoms with Gasteiger partial charge in [-0.05, 0) is 32.9 Å². The predicted molar refractivity (Wildman–Crippen MR) is 61.9 cm³/mol. The van der Waals surface area contributed by atoms with Crippen LogP contribution in [0.25, 0.3) is 0 Å². The van der Waals surface area contributed by atoms with E-state index in [1.807, 2.05) is 4.68 Å². The topological polar surface area (TPSA) is 47.1 Å². The molecule has 2 heterocycles. The van der Waals surface area contributed by atoms with E-state index in [2.05, 4.69) is 17.0 Å². The molecule has 4 nitrogen and oxygen atoms in total. The zero-order chi connectivity index (χ0) is 10.8. The molecule has 1 aromatic heterocycles. The highest BCUT2D eigenvalue weighted by atomic mass is 35.5. The van der Waals surface area contributed by atoms with E-state index in [4.69, 9.17) is 17.3 Å². The van der Waals surface area contributed by atoms with Gasteiger partial charge in [0.2, 0.25) is 0 Å². The van der Waals surface area contributed by atoms with Crippen LogP contribution in [0, 0.1) is 0 Å². The molecule has 5 heteroatoms. The van der Waals surface area contributed by atoms with Crippen molar-refractivity contribution in [2.45, 2.75) is 31.8 Å². The van der Waals surface area contributed by atoms with Crippen LogP contribution < -0.4 is 5.73 Å². The van der Waals surface area contributed by atoms with Crippen molar-refractivity contribution in [2.75, 3.05) is 19.3 Å². The average Bonchev–Trinajstić information content (AvgIpc) is 2.72. The molecule has 0 radical (unpaired) electrons. The van der Waals surface area contributed by atoms with E-state index in [1.54, 1.807) is 6.20 Å². The van der Waals surface area contributed by atoms with Gasteiger partial charge in [-0.1, -0.05) is 11.6 Å². The Labute approximate surface area is 95.0 Å². The first-order valence-corrected chi connectivity index (χ1v) is 5.73. The molecule has 1 aliphatic rings. The number of aryl methyl sites for hydroxylation is 1. The number of nitrogens with two attached hydrogens (primary N) is 1. The number of rotatable bonds is 3. The van der Waals surface area contributed by atoms with Crippen LogP contribution >= 0.6 is 11.6 Å². The molecule has 0 bridgehead atoms. The summed E-state index contributed by atoms with van der Waals surface area (Å²) in [6.07, 6.45) is 5.52. The van der Waals surface area contributed by atoms with E-state index in [9.17, 15) is 0 Å². The van der Waals surface area contributed by atoms with Crippen molar-refractivity contribution in [1.29, 1.82) is 0 Å². The van der Waals surface area contributed by atoms with Crippen molar-refractivity contribution in [3.8, 4) is 0 Å². The van der Waals surface area contributed by atoms with Gasteiger partial charge in [-0.2, -0.15) is 5.10 Å². The normalized spacial score (nSPS) is 22.4. The Hall–Kier alpha value is -0.740. The molecular weight excluding hydrogens is 212 g/mol. The molecule has 1 unspecified atom stereocenters. The predicted octanol–water partition coefficient (Wildman–Crippen LogP) is 1.60. The number of halogens is 1. The van der Waals surface area contributed by atoms with Crippen LogP contribution in [0.3, 0.4) is 0 Å². The first kappa shape index (κ1) is 10.8. The second-order valence-corrected chi connectivity index (χ2v) is 4.60. The summed E-state index contributed by atoms with van der Waals surface area (Å²) in [7, 11) is 2.18. The lowest BCUT2D eigenvalue weighted by molar-refractivity contribution is 0.283. The summed E-state index contributed by atoms with van der Waals surface area (Å²) >= 11 is 5.83. The fourth-order valence-corrected chi connectivity index (χ4v) is 2.30. The van der Waals surface area contributed by atoms with Crippen LogP contribution in [-0.4, -0.2) is 34.3 Å². The number of likely N-dealkylation sites (tertiary alicyclic amines) is 1. The molecule has 2 rings (SSSR count). The van der Waals surface area contributed by atoms with Crippen LogP contribution in [0.15, 0.2) is 6.20 Å². The highest BCUT2D eigenvalue weighted by Crippen LogP contribution is 2.20. The zero-order valence-corrected chi connectivity index (χ0v) is 9.74. The quantitative estimate of drug-likeness (QED) is 0.855. The summed E-state index contributed by atoms with van der Waals surface area (Å²) in [6.45, 7) is 2.11. The molecule has 0 spiro atoms. The summed E-state index contributed by atoms with van der Waals surface area (Å²) < 4.78 is 1.84. The molecule has 2 N–H and O–H groups in total. The minimum atomic E-state index is 0.427. The summed E-state index contributed by atoms with van der Waals surface area (Å²) in [5.41, 5.74) is 5.58. The Morgan fingerprint density at radius 3 is 3.00 bits per heavy atom. The Kier molecular flexibility index (Phi) is 3.17. The van der Waals surface area contributed by atoms with Crippen LogP contribution in [-0.2, 0) is 6.54 Å². The van der Waals surface area contributed by atoms with Gasteiger partial charge in [0.15, 0.2) is 5.82 Å².